The van der Waals surface area contributed by atoms with E-state index in [0.717, 1.165) is 34.9 Å². The zero-order chi connectivity index (χ0) is 16.6. The second-order valence-corrected chi connectivity index (χ2v) is 6.91. The summed E-state index contributed by atoms with van der Waals surface area (Å²) in [4.78, 5) is 21.7. The Labute approximate surface area is 149 Å². The number of benzene rings is 1. The van der Waals surface area contributed by atoms with E-state index >= 15 is 0 Å². The maximum absolute atomic E-state index is 12.4. The van der Waals surface area contributed by atoms with Crippen molar-refractivity contribution in [1.29, 1.82) is 0 Å². The highest BCUT2D eigenvalue weighted by Gasteiger charge is 2.11. The molecule has 3 aromatic rings. The SMILES string of the molecule is O=C(NCCCn1ccnc1)c1ccccc1SCc1cscn1. The van der Waals surface area contributed by atoms with E-state index in [1.165, 1.54) is 0 Å². The first-order chi connectivity index (χ1) is 11.8. The molecule has 1 amide bonds. The standard InChI is InChI=1S/C17H18N4OS2/c22-17(19-6-3-8-21-9-7-18-12-21)15-4-1-2-5-16(15)24-11-14-10-23-13-20-14/h1-2,4-5,7,9-10,12-13H,3,6,8,11H2,(H,19,22). The lowest BCUT2D eigenvalue weighted by atomic mass is 10.2. The molecule has 0 saturated carbocycles. The number of hydrogen-bond donors (Lipinski definition) is 1. The van der Waals surface area contributed by atoms with Gasteiger partial charge in [-0.15, -0.1) is 23.1 Å². The van der Waals surface area contributed by atoms with Gasteiger partial charge in [-0.2, -0.15) is 0 Å². The number of nitrogens with zero attached hydrogens (tertiary/aromatic N) is 3. The summed E-state index contributed by atoms with van der Waals surface area (Å²) in [5.74, 6) is 0.746. The summed E-state index contributed by atoms with van der Waals surface area (Å²) in [6, 6.07) is 7.71. The summed E-state index contributed by atoms with van der Waals surface area (Å²) in [7, 11) is 0. The van der Waals surface area contributed by atoms with E-state index in [1.807, 2.05) is 45.9 Å². The maximum atomic E-state index is 12.4. The van der Waals surface area contributed by atoms with Crippen molar-refractivity contribution in [2.75, 3.05) is 6.54 Å². The van der Waals surface area contributed by atoms with Crippen LogP contribution >= 0.6 is 23.1 Å². The molecule has 0 bridgehead atoms. The van der Waals surface area contributed by atoms with Gasteiger partial charge in [0, 0.05) is 41.5 Å². The fourth-order valence-corrected chi connectivity index (χ4v) is 3.83. The molecular weight excluding hydrogens is 340 g/mol. The van der Waals surface area contributed by atoms with Gasteiger partial charge in [0.25, 0.3) is 5.91 Å². The van der Waals surface area contributed by atoms with E-state index in [9.17, 15) is 4.79 Å². The number of aromatic nitrogens is 3. The third kappa shape index (κ3) is 4.69. The van der Waals surface area contributed by atoms with Crippen molar-refractivity contribution in [3.63, 3.8) is 0 Å². The monoisotopic (exact) mass is 358 g/mol. The van der Waals surface area contributed by atoms with Crippen LogP contribution in [0.3, 0.4) is 0 Å². The summed E-state index contributed by atoms with van der Waals surface area (Å²) in [5.41, 5.74) is 3.59. The second-order valence-electron chi connectivity index (χ2n) is 5.17. The van der Waals surface area contributed by atoms with Gasteiger partial charge in [0.1, 0.15) is 0 Å². The molecule has 1 aromatic carbocycles. The summed E-state index contributed by atoms with van der Waals surface area (Å²) in [6.45, 7) is 1.49. The van der Waals surface area contributed by atoms with E-state index in [1.54, 1.807) is 35.6 Å². The van der Waals surface area contributed by atoms with Gasteiger partial charge in [0.15, 0.2) is 0 Å². The molecule has 1 N–H and O–H groups in total. The van der Waals surface area contributed by atoms with Crippen molar-refractivity contribution in [2.45, 2.75) is 23.6 Å². The molecule has 24 heavy (non-hydrogen) atoms. The molecular formula is C17H18N4OS2. The molecule has 124 valence electrons. The first kappa shape index (κ1) is 16.7. The highest BCUT2D eigenvalue weighted by molar-refractivity contribution is 7.98. The second kappa shape index (κ2) is 8.65. The molecule has 5 nitrogen and oxygen atoms in total. The smallest absolute Gasteiger partial charge is 0.252 e. The molecule has 2 aromatic heterocycles. The van der Waals surface area contributed by atoms with Gasteiger partial charge in [-0.1, -0.05) is 12.1 Å². The van der Waals surface area contributed by atoms with Gasteiger partial charge in [-0.05, 0) is 18.6 Å². The summed E-state index contributed by atoms with van der Waals surface area (Å²) in [5, 5.41) is 5.03. The van der Waals surface area contributed by atoms with E-state index < -0.39 is 0 Å². The van der Waals surface area contributed by atoms with Crippen LogP contribution in [0.4, 0.5) is 0 Å². The van der Waals surface area contributed by atoms with E-state index in [2.05, 4.69) is 15.3 Å². The Morgan fingerprint density at radius 1 is 1.33 bits per heavy atom. The van der Waals surface area contributed by atoms with Crippen molar-refractivity contribution < 1.29 is 4.79 Å². The molecule has 3 rings (SSSR count). The van der Waals surface area contributed by atoms with Gasteiger partial charge in [-0.25, -0.2) is 9.97 Å². The number of amides is 1. The number of hydrogen-bond acceptors (Lipinski definition) is 5. The highest BCUT2D eigenvalue weighted by atomic mass is 32.2. The van der Waals surface area contributed by atoms with Crippen molar-refractivity contribution in [2.24, 2.45) is 0 Å². The third-order valence-electron chi connectivity index (χ3n) is 3.43. The number of carbonyl (C=O) groups is 1. The van der Waals surface area contributed by atoms with Crippen LogP contribution in [0.15, 0.2) is 58.8 Å². The van der Waals surface area contributed by atoms with Gasteiger partial charge in [0.2, 0.25) is 0 Å². The Balaban J connectivity index is 1.52. The molecule has 7 heteroatoms. The largest absolute Gasteiger partial charge is 0.352 e. The van der Waals surface area contributed by atoms with Crippen LogP contribution in [0.2, 0.25) is 0 Å². The number of imidazole rings is 1. The molecule has 0 radical (unpaired) electrons. The average molecular weight is 358 g/mol. The van der Waals surface area contributed by atoms with E-state index in [-0.39, 0.29) is 5.91 Å². The molecule has 0 aliphatic rings. The maximum Gasteiger partial charge on any atom is 0.252 e. The Morgan fingerprint density at radius 2 is 2.25 bits per heavy atom. The van der Waals surface area contributed by atoms with Gasteiger partial charge >= 0.3 is 0 Å². The normalized spacial score (nSPS) is 10.7. The molecule has 0 aliphatic carbocycles. The Morgan fingerprint density at radius 3 is 3.04 bits per heavy atom. The van der Waals surface area contributed by atoms with Crippen LogP contribution in [0.1, 0.15) is 22.5 Å². The van der Waals surface area contributed by atoms with Crippen molar-refractivity contribution in [1.82, 2.24) is 19.9 Å². The van der Waals surface area contributed by atoms with E-state index in [0.29, 0.717) is 6.54 Å². The summed E-state index contributed by atoms with van der Waals surface area (Å²) < 4.78 is 2.00. The van der Waals surface area contributed by atoms with Crippen LogP contribution in [0.25, 0.3) is 0 Å². The van der Waals surface area contributed by atoms with Gasteiger partial charge < -0.3 is 9.88 Å². The molecule has 0 aliphatic heterocycles. The third-order valence-corrected chi connectivity index (χ3v) is 5.17. The minimum atomic E-state index is -0.0259. The van der Waals surface area contributed by atoms with Crippen molar-refractivity contribution in [3.8, 4) is 0 Å². The van der Waals surface area contributed by atoms with Crippen molar-refractivity contribution >= 4 is 29.0 Å². The van der Waals surface area contributed by atoms with Crippen LogP contribution in [0.5, 0.6) is 0 Å². The van der Waals surface area contributed by atoms with E-state index in [4.69, 9.17) is 0 Å². The zero-order valence-corrected chi connectivity index (χ0v) is 14.7. The predicted molar refractivity (Wildman–Crippen MR) is 97.3 cm³/mol. The molecule has 0 atom stereocenters. The minimum Gasteiger partial charge on any atom is -0.352 e. The Kier molecular flexibility index (Phi) is 6.03. The Bertz CT molecular complexity index is 757. The fraction of sp³-hybridized carbons (Fsp3) is 0.235. The summed E-state index contributed by atoms with van der Waals surface area (Å²) in [6.07, 6.45) is 6.34. The molecule has 0 spiro atoms. The van der Waals surface area contributed by atoms with Crippen LogP contribution in [-0.2, 0) is 12.3 Å². The lowest BCUT2D eigenvalue weighted by Gasteiger charge is -2.09. The van der Waals surface area contributed by atoms with Crippen molar-refractivity contribution in [3.05, 3.63) is 65.1 Å². The van der Waals surface area contributed by atoms with Crippen LogP contribution < -0.4 is 5.32 Å². The number of aryl methyl sites for hydroxylation is 1. The lowest BCUT2D eigenvalue weighted by Crippen LogP contribution is -2.25. The topological polar surface area (TPSA) is 59.8 Å². The number of nitrogens with one attached hydrogen (secondary N) is 1. The van der Waals surface area contributed by atoms with Crippen LogP contribution in [0, 0.1) is 0 Å². The number of carbonyl (C=O) groups excluding carboxylic acids is 1. The number of rotatable bonds is 8. The molecule has 0 fully saturated rings. The highest BCUT2D eigenvalue weighted by Crippen LogP contribution is 2.26. The number of thioether (sulfide) groups is 1. The first-order valence-corrected chi connectivity index (χ1v) is 9.58. The predicted octanol–water partition coefficient (Wildman–Crippen LogP) is 3.45. The van der Waals surface area contributed by atoms with Crippen LogP contribution in [-0.4, -0.2) is 27.0 Å². The fourth-order valence-electron chi connectivity index (χ4n) is 2.22. The Hall–Kier alpha value is -2.12. The molecule has 2 heterocycles. The summed E-state index contributed by atoms with van der Waals surface area (Å²) >= 11 is 3.23. The van der Waals surface area contributed by atoms with Gasteiger partial charge in [0.05, 0.1) is 23.1 Å². The van der Waals surface area contributed by atoms with Gasteiger partial charge in [-0.3, -0.25) is 4.79 Å². The lowest BCUT2D eigenvalue weighted by molar-refractivity contribution is 0.0950. The molecule has 0 saturated heterocycles. The number of thiazole rings is 1. The zero-order valence-electron chi connectivity index (χ0n) is 13.1. The molecule has 0 unspecified atom stereocenters. The minimum absolute atomic E-state index is 0.0259. The first-order valence-electron chi connectivity index (χ1n) is 7.66. The quantitative estimate of drug-likeness (QED) is 0.495. The average Bonchev–Trinajstić information content (AvgIpc) is 3.30.